The summed E-state index contributed by atoms with van der Waals surface area (Å²) in [4.78, 5) is 15.0. The molecule has 0 aliphatic heterocycles. The molecule has 0 aliphatic rings. The van der Waals surface area contributed by atoms with Crippen LogP contribution in [-0.4, -0.2) is 19.6 Å². The maximum atomic E-state index is 11.1. The largest absolute Gasteiger partial charge is 0.349 e. The molecule has 0 fully saturated rings. The van der Waals surface area contributed by atoms with Gasteiger partial charge in [0.2, 0.25) is 0 Å². The molecule has 0 unspecified atom stereocenters. The molecule has 0 spiro atoms. The van der Waals surface area contributed by atoms with E-state index in [2.05, 4.69) is 15.2 Å². The Labute approximate surface area is 72.0 Å². The SMILES string of the molecule is Cc1nc(Cl)cc2n[nH]c(=O)n12. The number of rotatable bonds is 0. The predicted octanol–water partition coefficient (Wildman–Crippen LogP) is 0.379. The summed E-state index contributed by atoms with van der Waals surface area (Å²) in [5.41, 5.74) is 0.184. The Balaban J connectivity index is 3.03. The van der Waals surface area contributed by atoms with Crippen molar-refractivity contribution in [3.63, 3.8) is 0 Å². The minimum Gasteiger partial charge on any atom is -0.246 e. The third-order valence-electron chi connectivity index (χ3n) is 1.54. The number of nitrogens with one attached hydrogen (secondary N) is 1. The summed E-state index contributed by atoms with van der Waals surface area (Å²) < 4.78 is 1.35. The first-order valence-electron chi connectivity index (χ1n) is 3.29. The van der Waals surface area contributed by atoms with Crippen LogP contribution in [0.5, 0.6) is 0 Å². The average molecular weight is 185 g/mol. The van der Waals surface area contributed by atoms with Gasteiger partial charge in [0.05, 0.1) is 0 Å². The van der Waals surface area contributed by atoms with E-state index >= 15 is 0 Å². The van der Waals surface area contributed by atoms with Gasteiger partial charge in [-0.3, -0.25) is 0 Å². The predicted molar refractivity (Wildman–Crippen MR) is 43.4 cm³/mol. The van der Waals surface area contributed by atoms with Crippen LogP contribution in [0, 0.1) is 6.92 Å². The van der Waals surface area contributed by atoms with Crippen LogP contribution in [-0.2, 0) is 0 Å². The lowest BCUT2D eigenvalue weighted by atomic mass is 10.5. The van der Waals surface area contributed by atoms with E-state index in [9.17, 15) is 4.79 Å². The number of hydrogen-bond donors (Lipinski definition) is 1. The molecule has 2 aromatic rings. The molecule has 12 heavy (non-hydrogen) atoms. The van der Waals surface area contributed by atoms with Crippen LogP contribution in [0.1, 0.15) is 5.82 Å². The first-order chi connectivity index (χ1) is 5.68. The van der Waals surface area contributed by atoms with Gasteiger partial charge in [0.15, 0.2) is 5.65 Å². The minimum absolute atomic E-state index is 0.299. The Morgan fingerprint density at radius 1 is 1.67 bits per heavy atom. The molecular formula is C6H5ClN4O. The van der Waals surface area contributed by atoms with Gasteiger partial charge in [-0.15, -0.1) is 0 Å². The number of H-pyrrole nitrogens is 1. The molecule has 0 radical (unpaired) electrons. The highest BCUT2D eigenvalue weighted by Gasteiger charge is 2.04. The van der Waals surface area contributed by atoms with Crippen molar-refractivity contribution in [3.05, 3.63) is 27.5 Å². The molecule has 0 aromatic carbocycles. The zero-order valence-corrected chi connectivity index (χ0v) is 6.96. The Morgan fingerprint density at radius 2 is 2.42 bits per heavy atom. The summed E-state index contributed by atoms with van der Waals surface area (Å²) in [6.07, 6.45) is 0. The molecular weight excluding hydrogens is 180 g/mol. The van der Waals surface area contributed by atoms with Crippen molar-refractivity contribution in [2.75, 3.05) is 0 Å². The quantitative estimate of drug-likeness (QED) is 0.602. The van der Waals surface area contributed by atoms with Crippen LogP contribution < -0.4 is 5.69 Å². The second-order valence-corrected chi connectivity index (χ2v) is 2.74. The number of aromatic amines is 1. The first-order valence-corrected chi connectivity index (χ1v) is 3.66. The number of aromatic nitrogens is 4. The molecule has 0 saturated heterocycles. The van der Waals surface area contributed by atoms with Crippen molar-refractivity contribution >= 4 is 17.2 Å². The summed E-state index contributed by atoms with van der Waals surface area (Å²) >= 11 is 5.65. The zero-order chi connectivity index (χ0) is 8.72. The van der Waals surface area contributed by atoms with Crippen molar-refractivity contribution in [1.82, 2.24) is 19.6 Å². The molecule has 0 saturated carbocycles. The fraction of sp³-hybridized carbons (Fsp3) is 0.167. The highest BCUT2D eigenvalue weighted by molar-refractivity contribution is 6.29. The van der Waals surface area contributed by atoms with Crippen LogP contribution >= 0.6 is 11.6 Å². The number of halogens is 1. The lowest BCUT2D eigenvalue weighted by molar-refractivity contribution is 0.936. The van der Waals surface area contributed by atoms with Gasteiger partial charge in [0.25, 0.3) is 0 Å². The Hall–Kier alpha value is -1.36. The van der Waals surface area contributed by atoms with E-state index in [0.29, 0.717) is 16.6 Å². The maximum absolute atomic E-state index is 11.1. The molecule has 2 aromatic heterocycles. The number of hydrogen-bond acceptors (Lipinski definition) is 3. The van der Waals surface area contributed by atoms with E-state index in [-0.39, 0.29) is 5.69 Å². The third-order valence-corrected chi connectivity index (χ3v) is 1.73. The standard InChI is InChI=1S/C6H5ClN4O/c1-3-8-4(7)2-5-9-10-6(12)11(3)5/h2H,1H3,(H,10,12). The van der Waals surface area contributed by atoms with Gasteiger partial charge in [-0.2, -0.15) is 5.10 Å². The summed E-state index contributed by atoms with van der Waals surface area (Å²) in [7, 11) is 0. The second kappa shape index (κ2) is 2.31. The molecule has 2 heterocycles. The molecule has 0 atom stereocenters. The minimum atomic E-state index is -0.299. The smallest absolute Gasteiger partial charge is 0.246 e. The Bertz CT molecular complexity index is 486. The van der Waals surface area contributed by atoms with Gasteiger partial charge in [-0.1, -0.05) is 11.6 Å². The topological polar surface area (TPSA) is 63.0 Å². The second-order valence-electron chi connectivity index (χ2n) is 2.35. The number of nitrogens with zero attached hydrogens (tertiary/aromatic N) is 3. The molecule has 62 valence electrons. The van der Waals surface area contributed by atoms with Crippen molar-refractivity contribution in [3.8, 4) is 0 Å². The lowest BCUT2D eigenvalue weighted by Gasteiger charge is -1.95. The molecule has 2 rings (SSSR count). The third kappa shape index (κ3) is 0.902. The monoisotopic (exact) mass is 184 g/mol. The van der Waals surface area contributed by atoms with E-state index < -0.39 is 0 Å². The van der Waals surface area contributed by atoms with Gasteiger partial charge in [0.1, 0.15) is 11.0 Å². The van der Waals surface area contributed by atoms with Crippen LogP contribution in [0.4, 0.5) is 0 Å². The maximum Gasteiger partial charge on any atom is 0.349 e. The molecule has 0 amide bonds. The van der Waals surface area contributed by atoms with E-state index in [1.54, 1.807) is 6.92 Å². The first kappa shape index (κ1) is 7.30. The van der Waals surface area contributed by atoms with Gasteiger partial charge >= 0.3 is 5.69 Å². The summed E-state index contributed by atoms with van der Waals surface area (Å²) in [5, 5.41) is 6.38. The van der Waals surface area contributed by atoms with Crippen LogP contribution in [0.25, 0.3) is 5.65 Å². The van der Waals surface area contributed by atoms with Crippen molar-refractivity contribution in [2.24, 2.45) is 0 Å². The van der Waals surface area contributed by atoms with E-state index in [0.717, 1.165) is 0 Å². The highest BCUT2D eigenvalue weighted by atomic mass is 35.5. The fourth-order valence-corrected chi connectivity index (χ4v) is 1.28. The summed E-state index contributed by atoms with van der Waals surface area (Å²) in [6, 6.07) is 1.52. The Morgan fingerprint density at radius 3 is 3.17 bits per heavy atom. The fourth-order valence-electron chi connectivity index (χ4n) is 1.06. The Kier molecular flexibility index (Phi) is 1.41. The molecule has 6 heteroatoms. The van der Waals surface area contributed by atoms with Crippen LogP contribution in [0.2, 0.25) is 5.15 Å². The van der Waals surface area contributed by atoms with Gasteiger partial charge in [0, 0.05) is 6.07 Å². The molecule has 0 bridgehead atoms. The van der Waals surface area contributed by atoms with Gasteiger partial charge < -0.3 is 0 Å². The average Bonchev–Trinajstić information content (AvgIpc) is 2.31. The zero-order valence-electron chi connectivity index (χ0n) is 6.21. The van der Waals surface area contributed by atoms with Gasteiger partial charge in [-0.05, 0) is 6.92 Å². The molecule has 1 N–H and O–H groups in total. The van der Waals surface area contributed by atoms with Gasteiger partial charge in [-0.25, -0.2) is 19.3 Å². The lowest BCUT2D eigenvalue weighted by Crippen LogP contribution is -2.12. The normalized spacial score (nSPS) is 10.8. The van der Waals surface area contributed by atoms with Crippen molar-refractivity contribution < 1.29 is 0 Å². The summed E-state index contributed by atoms with van der Waals surface area (Å²) in [5.74, 6) is 0.524. The van der Waals surface area contributed by atoms with E-state index in [4.69, 9.17) is 11.6 Å². The van der Waals surface area contributed by atoms with Crippen molar-refractivity contribution in [1.29, 1.82) is 0 Å². The van der Waals surface area contributed by atoms with Crippen molar-refractivity contribution in [2.45, 2.75) is 6.92 Å². The highest BCUT2D eigenvalue weighted by Crippen LogP contribution is 2.07. The molecule has 0 aliphatic carbocycles. The van der Waals surface area contributed by atoms with Crippen LogP contribution in [0.15, 0.2) is 10.9 Å². The molecule has 5 nitrogen and oxygen atoms in total. The van der Waals surface area contributed by atoms with E-state index in [1.165, 1.54) is 10.5 Å². The summed E-state index contributed by atoms with van der Waals surface area (Å²) in [6.45, 7) is 1.69. The number of fused-ring (bicyclic) bond motifs is 1. The van der Waals surface area contributed by atoms with Crippen LogP contribution in [0.3, 0.4) is 0 Å². The number of aryl methyl sites for hydroxylation is 1. The van der Waals surface area contributed by atoms with E-state index in [1.807, 2.05) is 0 Å².